The van der Waals surface area contributed by atoms with Crippen molar-refractivity contribution >= 4 is 39.6 Å². The van der Waals surface area contributed by atoms with Crippen LogP contribution >= 0.6 is 11.8 Å². The number of aryl methyl sites for hydroxylation is 1. The number of nitrogens with one attached hydrogen (secondary N) is 1. The van der Waals surface area contributed by atoms with Crippen LogP contribution < -0.4 is 0 Å². The van der Waals surface area contributed by atoms with Crippen molar-refractivity contribution in [2.45, 2.75) is 23.2 Å². The van der Waals surface area contributed by atoms with Gasteiger partial charge in [-0.2, -0.15) is 13.2 Å². The topological polar surface area (TPSA) is 71.5 Å². The summed E-state index contributed by atoms with van der Waals surface area (Å²) in [7, 11) is 0. The molecule has 9 heteroatoms. The lowest BCUT2D eigenvalue weighted by atomic mass is 9.96. The normalized spacial score (nSPS) is 11.9. The molecule has 0 unspecified atom stereocenters. The number of nitrogens with zero attached hydrogens (tertiary/aromatic N) is 3. The van der Waals surface area contributed by atoms with Crippen LogP contribution in [0.2, 0.25) is 0 Å². The number of imidazole rings is 1. The monoisotopic (exact) mass is 464 g/mol. The summed E-state index contributed by atoms with van der Waals surface area (Å²) in [4.78, 5) is 30.3. The molecule has 0 radical (unpaired) electrons. The minimum absolute atomic E-state index is 0.109. The third kappa shape index (κ3) is 3.84. The Labute approximate surface area is 190 Å². The molecule has 0 aliphatic rings. The largest absolute Gasteiger partial charge is 0.417 e. The Morgan fingerprint density at radius 3 is 2.55 bits per heavy atom. The van der Waals surface area contributed by atoms with E-state index in [-0.39, 0.29) is 5.56 Å². The number of pyridine rings is 2. The van der Waals surface area contributed by atoms with E-state index in [1.807, 2.05) is 13.0 Å². The van der Waals surface area contributed by atoms with Gasteiger partial charge in [-0.15, -0.1) is 0 Å². The molecule has 0 fully saturated rings. The number of halogens is 3. The lowest BCUT2D eigenvalue weighted by Gasteiger charge is -2.14. The van der Waals surface area contributed by atoms with E-state index in [4.69, 9.17) is 0 Å². The van der Waals surface area contributed by atoms with Crippen molar-refractivity contribution in [2.75, 3.05) is 0 Å². The quantitative estimate of drug-likeness (QED) is 0.320. The number of aromatic nitrogens is 4. The highest BCUT2D eigenvalue weighted by Crippen LogP contribution is 2.37. The molecule has 0 saturated heterocycles. The number of hydrogen-bond donors (Lipinski definition) is 1. The fourth-order valence-electron chi connectivity index (χ4n) is 3.66. The van der Waals surface area contributed by atoms with E-state index in [9.17, 15) is 18.0 Å². The highest BCUT2D eigenvalue weighted by molar-refractivity contribution is 7.99. The van der Waals surface area contributed by atoms with Crippen molar-refractivity contribution in [1.82, 2.24) is 19.9 Å². The second kappa shape index (κ2) is 8.00. The molecular formula is C24H15F3N4OS. The summed E-state index contributed by atoms with van der Waals surface area (Å²) in [5.41, 5.74) is 1.28. The van der Waals surface area contributed by atoms with E-state index >= 15 is 0 Å². The van der Waals surface area contributed by atoms with E-state index < -0.39 is 23.1 Å². The first-order valence-electron chi connectivity index (χ1n) is 9.91. The van der Waals surface area contributed by atoms with Gasteiger partial charge in [-0.25, -0.2) is 9.97 Å². The molecule has 164 valence electrons. The van der Waals surface area contributed by atoms with Gasteiger partial charge >= 0.3 is 6.18 Å². The summed E-state index contributed by atoms with van der Waals surface area (Å²) in [6.07, 6.45) is -1.38. The van der Waals surface area contributed by atoms with Crippen LogP contribution in [0.5, 0.6) is 0 Å². The molecule has 3 aromatic heterocycles. The summed E-state index contributed by atoms with van der Waals surface area (Å²) >= 11 is 1.36. The second-order valence-corrected chi connectivity index (χ2v) is 8.36. The highest BCUT2D eigenvalue weighted by atomic mass is 32.2. The maximum absolute atomic E-state index is 13.5. The number of carbonyl (C=O) groups is 1. The molecule has 0 amide bonds. The number of para-hydroxylation sites is 1. The second-order valence-electron chi connectivity index (χ2n) is 7.36. The number of hydrogen-bond acceptors (Lipinski definition) is 5. The molecule has 0 bridgehead atoms. The van der Waals surface area contributed by atoms with Crippen LogP contribution in [0.4, 0.5) is 13.2 Å². The smallest absolute Gasteiger partial charge is 0.331 e. The van der Waals surface area contributed by atoms with Crippen molar-refractivity contribution in [1.29, 1.82) is 0 Å². The molecule has 5 aromatic rings. The Morgan fingerprint density at radius 2 is 1.76 bits per heavy atom. The number of H-pyrrole nitrogens is 1. The van der Waals surface area contributed by atoms with Crippen molar-refractivity contribution in [3.63, 3.8) is 0 Å². The maximum Gasteiger partial charge on any atom is 0.417 e. The van der Waals surface area contributed by atoms with Crippen LogP contribution in [0.15, 0.2) is 77.0 Å². The van der Waals surface area contributed by atoms with E-state index in [2.05, 4.69) is 19.9 Å². The molecule has 0 atom stereocenters. The van der Waals surface area contributed by atoms with Crippen LogP contribution in [0.25, 0.3) is 22.1 Å². The Morgan fingerprint density at radius 1 is 0.970 bits per heavy atom. The number of ketones is 1. The number of carbonyl (C=O) groups excluding carboxylic acids is 1. The van der Waals surface area contributed by atoms with Crippen molar-refractivity contribution in [2.24, 2.45) is 0 Å². The molecule has 0 aliphatic heterocycles. The van der Waals surface area contributed by atoms with Gasteiger partial charge in [0.25, 0.3) is 0 Å². The van der Waals surface area contributed by atoms with E-state index in [0.717, 1.165) is 22.0 Å². The average Bonchev–Trinajstić information content (AvgIpc) is 3.22. The van der Waals surface area contributed by atoms with Crippen molar-refractivity contribution in [3.8, 4) is 0 Å². The summed E-state index contributed by atoms with van der Waals surface area (Å²) in [5.74, 6) is -0.728. The standard InChI is InChI=1S/C24H15F3N4OS/c1-13-12-29-19-15(20(32)14-6-2-3-9-17(14)24(25,26)27)7-4-8-16(19)21(13)33-23-30-18-10-5-11-28-22(18)31-23/h2-12H,1H3,(H,28,30,31). The van der Waals surface area contributed by atoms with Crippen LogP contribution in [0.3, 0.4) is 0 Å². The third-order valence-electron chi connectivity index (χ3n) is 5.18. The van der Waals surface area contributed by atoms with E-state index in [1.165, 1.54) is 36.0 Å². The third-order valence-corrected chi connectivity index (χ3v) is 6.31. The minimum atomic E-state index is -4.64. The molecule has 3 heterocycles. The first-order chi connectivity index (χ1) is 15.8. The Balaban J connectivity index is 1.63. The van der Waals surface area contributed by atoms with Crippen LogP contribution in [0.1, 0.15) is 27.0 Å². The van der Waals surface area contributed by atoms with Gasteiger partial charge < -0.3 is 4.98 Å². The Bertz CT molecular complexity index is 1490. The summed E-state index contributed by atoms with van der Waals surface area (Å²) in [5, 5.41) is 1.27. The Hall–Kier alpha value is -3.72. The van der Waals surface area contributed by atoms with Crippen molar-refractivity contribution in [3.05, 3.63) is 89.2 Å². The molecule has 1 N–H and O–H groups in total. The molecule has 33 heavy (non-hydrogen) atoms. The fourth-order valence-corrected chi connectivity index (χ4v) is 4.63. The summed E-state index contributed by atoms with van der Waals surface area (Å²) in [6.45, 7) is 1.88. The zero-order valence-electron chi connectivity index (χ0n) is 17.1. The number of aromatic amines is 1. The summed E-state index contributed by atoms with van der Waals surface area (Å²) < 4.78 is 40.5. The lowest BCUT2D eigenvalue weighted by molar-refractivity contribution is -0.137. The van der Waals surface area contributed by atoms with Gasteiger partial charge in [-0.3, -0.25) is 9.78 Å². The van der Waals surface area contributed by atoms with Gasteiger partial charge in [0.15, 0.2) is 16.6 Å². The SMILES string of the molecule is Cc1cnc2c(C(=O)c3ccccc3C(F)(F)F)cccc2c1Sc1nc2ncccc2[nH]1. The van der Waals surface area contributed by atoms with Crippen LogP contribution in [-0.4, -0.2) is 25.7 Å². The first-order valence-corrected chi connectivity index (χ1v) is 10.7. The predicted octanol–water partition coefficient (Wildman–Crippen LogP) is 6.22. The fraction of sp³-hybridized carbons (Fsp3) is 0.0833. The zero-order chi connectivity index (χ0) is 23.2. The van der Waals surface area contributed by atoms with Gasteiger partial charge in [0.05, 0.1) is 16.6 Å². The average molecular weight is 464 g/mol. The van der Waals surface area contributed by atoms with Gasteiger partial charge in [-0.05, 0) is 36.8 Å². The number of fused-ring (bicyclic) bond motifs is 2. The molecule has 5 rings (SSSR count). The van der Waals surface area contributed by atoms with E-state index in [0.29, 0.717) is 21.7 Å². The van der Waals surface area contributed by atoms with Crippen LogP contribution in [-0.2, 0) is 6.18 Å². The first kappa shape index (κ1) is 21.1. The van der Waals surface area contributed by atoms with Crippen molar-refractivity contribution < 1.29 is 18.0 Å². The van der Waals surface area contributed by atoms with Gasteiger partial charge in [0, 0.05) is 33.8 Å². The maximum atomic E-state index is 13.5. The number of alkyl halides is 3. The predicted molar refractivity (Wildman–Crippen MR) is 119 cm³/mol. The number of rotatable bonds is 4. The van der Waals surface area contributed by atoms with E-state index in [1.54, 1.807) is 30.6 Å². The molecule has 5 nitrogen and oxygen atoms in total. The highest BCUT2D eigenvalue weighted by Gasteiger charge is 2.35. The zero-order valence-corrected chi connectivity index (χ0v) is 18.0. The van der Waals surface area contributed by atoms with Gasteiger partial charge in [-0.1, -0.05) is 42.1 Å². The lowest BCUT2D eigenvalue weighted by Crippen LogP contribution is -2.14. The minimum Gasteiger partial charge on any atom is -0.331 e. The molecule has 0 aliphatic carbocycles. The molecule has 2 aromatic carbocycles. The van der Waals surface area contributed by atoms with Crippen LogP contribution in [0, 0.1) is 6.92 Å². The number of benzene rings is 2. The molecule has 0 spiro atoms. The van der Waals surface area contributed by atoms with Gasteiger partial charge in [0.2, 0.25) is 0 Å². The van der Waals surface area contributed by atoms with Gasteiger partial charge in [0.1, 0.15) is 0 Å². The molecule has 0 saturated carbocycles. The summed E-state index contributed by atoms with van der Waals surface area (Å²) in [6, 6.07) is 13.4. The Kier molecular flexibility index (Phi) is 5.13. The molecular weight excluding hydrogens is 449 g/mol.